The van der Waals surface area contributed by atoms with Crippen LogP contribution in [0.25, 0.3) is 16.7 Å². The molecule has 0 aliphatic heterocycles. The lowest BCUT2D eigenvalue weighted by Gasteiger charge is -2.13. The molecule has 4 rings (SSSR count). The fourth-order valence-corrected chi connectivity index (χ4v) is 3.33. The summed E-state index contributed by atoms with van der Waals surface area (Å²) in [7, 11) is 1.57. The van der Waals surface area contributed by atoms with Gasteiger partial charge in [-0.3, -0.25) is 9.78 Å². The summed E-state index contributed by atoms with van der Waals surface area (Å²) in [6.45, 7) is 3.84. The van der Waals surface area contributed by atoms with Crippen molar-refractivity contribution in [1.82, 2.24) is 19.7 Å². The lowest BCUT2D eigenvalue weighted by molar-refractivity contribution is 0.0527. The molecule has 0 aliphatic rings. The Morgan fingerprint density at radius 2 is 1.94 bits per heavy atom. The number of benzene rings is 1. The second kappa shape index (κ2) is 8.84. The maximum Gasteiger partial charge on any atom is 0.343 e. The van der Waals surface area contributed by atoms with Crippen LogP contribution in [0, 0.1) is 6.92 Å². The molecular weight excluding hydrogens is 410 g/mol. The molecule has 0 atom stereocenters. The Morgan fingerprint density at radius 3 is 2.66 bits per heavy atom. The van der Waals surface area contributed by atoms with Crippen LogP contribution in [0.15, 0.2) is 55.0 Å². The van der Waals surface area contributed by atoms with Gasteiger partial charge in [0.1, 0.15) is 16.8 Å². The molecule has 0 aliphatic carbocycles. The first-order valence-electron chi connectivity index (χ1n) is 9.94. The standard InChI is InChI=1S/C23H21N5O4/c1-4-32-23(30)17-13-25-28(21(17)27-22(29)15-8-10-24-11-9-15)19-12-14(2)16-6-5-7-18(31-3)20(16)26-19/h5-13H,4H2,1-3H3,(H,27,29). The van der Waals surface area contributed by atoms with Crippen LogP contribution in [0.2, 0.25) is 0 Å². The summed E-state index contributed by atoms with van der Waals surface area (Å²) in [4.78, 5) is 34.0. The zero-order valence-corrected chi connectivity index (χ0v) is 17.8. The van der Waals surface area contributed by atoms with Crippen molar-refractivity contribution in [3.05, 3.63) is 71.7 Å². The van der Waals surface area contributed by atoms with Crippen molar-refractivity contribution in [1.29, 1.82) is 0 Å². The lowest BCUT2D eigenvalue weighted by atomic mass is 10.1. The molecule has 4 aromatic rings. The third-order valence-electron chi connectivity index (χ3n) is 4.87. The number of amides is 1. The molecule has 0 unspecified atom stereocenters. The number of nitrogens with zero attached hydrogens (tertiary/aromatic N) is 4. The highest BCUT2D eigenvalue weighted by Gasteiger charge is 2.23. The summed E-state index contributed by atoms with van der Waals surface area (Å²) >= 11 is 0. The number of aryl methyl sites for hydroxylation is 1. The summed E-state index contributed by atoms with van der Waals surface area (Å²) in [6.07, 6.45) is 4.38. The van der Waals surface area contributed by atoms with Crippen molar-refractivity contribution in [2.45, 2.75) is 13.8 Å². The molecule has 1 aromatic carbocycles. The number of esters is 1. The van der Waals surface area contributed by atoms with Crippen LogP contribution in [0.5, 0.6) is 5.75 Å². The Balaban J connectivity index is 1.86. The maximum atomic E-state index is 12.8. The van der Waals surface area contributed by atoms with Crippen molar-refractivity contribution in [2.75, 3.05) is 19.0 Å². The first-order valence-corrected chi connectivity index (χ1v) is 9.94. The summed E-state index contributed by atoms with van der Waals surface area (Å²) < 4.78 is 12.0. The zero-order chi connectivity index (χ0) is 22.7. The fraction of sp³-hybridized carbons (Fsp3) is 0.174. The number of rotatable bonds is 6. The van der Waals surface area contributed by atoms with E-state index >= 15 is 0 Å². The van der Waals surface area contributed by atoms with Crippen LogP contribution < -0.4 is 10.1 Å². The van der Waals surface area contributed by atoms with E-state index in [0.29, 0.717) is 22.6 Å². The van der Waals surface area contributed by atoms with E-state index in [1.807, 2.05) is 31.2 Å². The topological polar surface area (TPSA) is 108 Å². The van der Waals surface area contributed by atoms with Gasteiger partial charge in [0.15, 0.2) is 11.6 Å². The molecule has 0 saturated carbocycles. The van der Waals surface area contributed by atoms with E-state index in [1.54, 1.807) is 26.2 Å². The molecule has 1 N–H and O–H groups in total. The minimum atomic E-state index is -0.598. The van der Waals surface area contributed by atoms with Gasteiger partial charge in [-0.1, -0.05) is 12.1 Å². The van der Waals surface area contributed by atoms with Crippen LogP contribution in [-0.2, 0) is 4.74 Å². The fourth-order valence-electron chi connectivity index (χ4n) is 3.33. The number of fused-ring (bicyclic) bond motifs is 1. The van der Waals surface area contributed by atoms with Crippen molar-refractivity contribution in [3.8, 4) is 11.6 Å². The Labute approximate surface area is 184 Å². The monoisotopic (exact) mass is 431 g/mol. The summed E-state index contributed by atoms with van der Waals surface area (Å²) in [5.41, 5.74) is 2.08. The van der Waals surface area contributed by atoms with Gasteiger partial charge >= 0.3 is 5.97 Å². The van der Waals surface area contributed by atoms with Gasteiger partial charge in [0.25, 0.3) is 5.91 Å². The predicted octanol–water partition coefficient (Wildman–Crippen LogP) is 3.56. The van der Waals surface area contributed by atoms with Crippen LogP contribution in [0.4, 0.5) is 5.82 Å². The number of nitrogens with one attached hydrogen (secondary N) is 1. The number of anilines is 1. The smallest absolute Gasteiger partial charge is 0.343 e. The average molecular weight is 431 g/mol. The van der Waals surface area contributed by atoms with Crippen molar-refractivity contribution in [3.63, 3.8) is 0 Å². The Bertz CT molecular complexity index is 1300. The molecule has 0 fully saturated rings. The summed E-state index contributed by atoms with van der Waals surface area (Å²) in [6, 6.07) is 10.6. The number of ether oxygens (including phenoxy) is 2. The lowest BCUT2D eigenvalue weighted by Crippen LogP contribution is -2.18. The van der Waals surface area contributed by atoms with Crippen molar-refractivity contribution < 1.29 is 19.1 Å². The van der Waals surface area contributed by atoms with Gasteiger partial charge < -0.3 is 14.8 Å². The van der Waals surface area contributed by atoms with Crippen LogP contribution >= 0.6 is 0 Å². The second-order valence-electron chi connectivity index (χ2n) is 6.88. The average Bonchev–Trinajstić information content (AvgIpc) is 3.23. The number of para-hydroxylation sites is 1. The Hall–Kier alpha value is -4.27. The van der Waals surface area contributed by atoms with Crippen LogP contribution in [-0.4, -0.2) is 45.3 Å². The quantitative estimate of drug-likeness (QED) is 0.465. The zero-order valence-electron chi connectivity index (χ0n) is 17.8. The molecular formula is C23H21N5O4. The predicted molar refractivity (Wildman–Crippen MR) is 118 cm³/mol. The number of carbonyl (C=O) groups excluding carboxylic acids is 2. The van der Waals surface area contributed by atoms with Gasteiger partial charge in [0.2, 0.25) is 0 Å². The number of hydrogen-bond donors (Lipinski definition) is 1. The molecule has 9 heteroatoms. The van der Waals surface area contributed by atoms with Gasteiger partial charge in [0.05, 0.1) is 19.9 Å². The third-order valence-corrected chi connectivity index (χ3v) is 4.87. The molecule has 0 radical (unpaired) electrons. The number of carbonyl (C=O) groups is 2. The number of pyridine rings is 2. The van der Waals surface area contributed by atoms with E-state index in [-0.39, 0.29) is 18.0 Å². The van der Waals surface area contributed by atoms with Gasteiger partial charge in [0, 0.05) is 23.3 Å². The summed E-state index contributed by atoms with van der Waals surface area (Å²) in [5.74, 6) is 0.160. The second-order valence-corrected chi connectivity index (χ2v) is 6.88. The number of aromatic nitrogens is 4. The minimum absolute atomic E-state index is 0.119. The number of methoxy groups -OCH3 is 1. The molecule has 0 bridgehead atoms. The normalized spacial score (nSPS) is 10.7. The highest BCUT2D eigenvalue weighted by atomic mass is 16.5. The van der Waals surface area contributed by atoms with Crippen LogP contribution in [0.3, 0.4) is 0 Å². The Morgan fingerprint density at radius 1 is 1.16 bits per heavy atom. The summed E-state index contributed by atoms with van der Waals surface area (Å²) in [5, 5.41) is 8.02. The van der Waals surface area contributed by atoms with Gasteiger partial charge in [-0.25, -0.2) is 9.78 Å². The molecule has 3 heterocycles. The van der Waals surface area contributed by atoms with E-state index in [4.69, 9.17) is 14.5 Å². The first-order chi connectivity index (χ1) is 15.5. The van der Waals surface area contributed by atoms with Gasteiger partial charge in [-0.05, 0) is 43.7 Å². The van der Waals surface area contributed by atoms with Gasteiger partial charge in [-0.15, -0.1) is 0 Å². The van der Waals surface area contributed by atoms with Gasteiger partial charge in [-0.2, -0.15) is 9.78 Å². The third kappa shape index (κ3) is 3.87. The van der Waals surface area contributed by atoms with E-state index in [0.717, 1.165) is 10.9 Å². The number of hydrogen-bond acceptors (Lipinski definition) is 7. The van der Waals surface area contributed by atoms with Crippen LogP contribution in [0.1, 0.15) is 33.2 Å². The SMILES string of the molecule is CCOC(=O)c1cnn(-c2cc(C)c3cccc(OC)c3n2)c1NC(=O)c1ccncc1. The minimum Gasteiger partial charge on any atom is -0.494 e. The highest BCUT2D eigenvalue weighted by Crippen LogP contribution is 2.29. The first kappa shape index (κ1) is 21.0. The maximum absolute atomic E-state index is 12.8. The molecule has 0 saturated heterocycles. The molecule has 1 amide bonds. The molecule has 3 aromatic heterocycles. The van der Waals surface area contributed by atoms with E-state index in [1.165, 1.54) is 23.3 Å². The van der Waals surface area contributed by atoms with E-state index in [2.05, 4.69) is 15.4 Å². The molecule has 32 heavy (non-hydrogen) atoms. The van der Waals surface area contributed by atoms with Crippen molar-refractivity contribution in [2.24, 2.45) is 0 Å². The highest BCUT2D eigenvalue weighted by molar-refractivity contribution is 6.07. The molecule has 0 spiro atoms. The van der Waals surface area contributed by atoms with E-state index < -0.39 is 11.9 Å². The Kier molecular flexibility index (Phi) is 5.80. The molecule has 9 nitrogen and oxygen atoms in total. The van der Waals surface area contributed by atoms with Crippen molar-refractivity contribution >= 4 is 28.6 Å². The van der Waals surface area contributed by atoms with E-state index in [9.17, 15) is 9.59 Å². The molecule has 162 valence electrons. The largest absolute Gasteiger partial charge is 0.494 e.